The van der Waals surface area contributed by atoms with Crippen LogP contribution in [-0.2, 0) is 6.42 Å². The molecule has 2 nitrogen and oxygen atoms in total. The van der Waals surface area contributed by atoms with E-state index in [4.69, 9.17) is 11.0 Å². The summed E-state index contributed by atoms with van der Waals surface area (Å²) in [5, 5.41) is 8.23. The zero-order chi connectivity index (χ0) is 9.14. The van der Waals surface area contributed by atoms with Gasteiger partial charge in [0.1, 0.15) is 11.6 Å². The Balaban J connectivity index is 3.16. The molecule has 4 heteroatoms. The molecule has 2 N–H and O–H groups in total. The van der Waals surface area contributed by atoms with Crippen molar-refractivity contribution in [2.45, 2.75) is 6.42 Å². The number of rotatable bonds is 1. The second kappa shape index (κ2) is 3.18. The number of hydrogen-bond donors (Lipinski definition) is 1. The molecule has 12 heavy (non-hydrogen) atoms. The quantitative estimate of drug-likeness (QED) is 0.647. The summed E-state index contributed by atoms with van der Waals surface area (Å²) >= 11 is 0. The smallest absolute Gasteiger partial charge is 0.146 e. The molecular formula is C8H6F2N2. The van der Waals surface area contributed by atoms with Crippen molar-refractivity contribution in [1.29, 1.82) is 5.26 Å². The van der Waals surface area contributed by atoms with Crippen LogP contribution in [0, 0.1) is 23.0 Å². The van der Waals surface area contributed by atoms with Crippen LogP contribution in [0.5, 0.6) is 0 Å². The average Bonchev–Trinajstić information content (AvgIpc) is 2.01. The lowest BCUT2D eigenvalue weighted by Crippen LogP contribution is -1.96. The molecule has 0 aliphatic heterocycles. The van der Waals surface area contributed by atoms with Gasteiger partial charge >= 0.3 is 0 Å². The molecule has 62 valence electrons. The molecule has 0 bridgehead atoms. The third-order valence-electron chi connectivity index (χ3n) is 1.44. The summed E-state index contributed by atoms with van der Waals surface area (Å²) < 4.78 is 25.5. The maximum absolute atomic E-state index is 12.8. The van der Waals surface area contributed by atoms with E-state index in [0.29, 0.717) is 0 Å². The minimum Gasteiger partial charge on any atom is -0.396 e. The molecule has 0 heterocycles. The summed E-state index contributed by atoms with van der Waals surface area (Å²) in [6, 6.07) is 3.54. The van der Waals surface area contributed by atoms with Gasteiger partial charge in [0.05, 0.1) is 18.2 Å². The number of nitriles is 1. The van der Waals surface area contributed by atoms with Crippen LogP contribution in [0.25, 0.3) is 0 Å². The summed E-state index contributed by atoms with van der Waals surface area (Å²) in [7, 11) is 0. The van der Waals surface area contributed by atoms with Gasteiger partial charge in [-0.2, -0.15) is 5.26 Å². The molecule has 0 saturated heterocycles. The van der Waals surface area contributed by atoms with E-state index in [0.717, 1.165) is 12.1 Å². The number of nitrogen functional groups attached to an aromatic ring is 1. The van der Waals surface area contributed by atoms with Crippen molar-refractivity contribution in [3.05, 3.63) is 29.3 Å². The van der Waals surface area contributed by atoms with Crippen LogP contribution in [0.2, 0.25) is 0 Å². The van der Waals surface area contributed by atoms with Gasteiger partial charge < -0.3 is 5.73 Å². The van der Waals surface area contributed by atoms with Crippen LogP contribution in [0.4, 0.5) is 14.5 Å². The van der Waals surface area contributed by atoms with E-state index >= 15 is 0 Å². The van der Waals surface area contributed by atoms with Gasteiger partial charge in [0.15, 0.2) is 0 Å². The number of benzene rings is 1. The summed E-state index contributed by atoms with van der Waals surface area (Å²) in [6.45, 7) is 0. The molecule has 0 saturated carbocycles. The van der Waals surface area contributed by atoms with Crippen molar-refractivity contribution in [3.63, 3.8) is 0 Å². The lowest BCUT2D eigenvalue weighted by Gasteiger charge is -2.00. The molecule has 0 aliphatic rings. The van der Waals surface area contributed by atoms with E-state index in [2.05, 4.69) is 0 Å². The van der Waals surface area contributed by atoms with Gasteiger partial charge in [0.2, 0.25) is 0 Å². The summed E-state index contributed by atoms with van der Waals surface area (Å²) in [6.07, 6.45) is -0.150. The van der Waals surface area contributed by atoms with E-state index in [1.54, 1.807) is 6.07 Å². The molecule has 0 unspecified atom stereocenters. The van der Waals surface area contributed by atoms with Crippen molar-refractivity contribution >= 4 is 5.69 Å². The predicted molar refractivity (Wildman–Crippen MR) is 40.1 cm³/mol. The topological polar surface area (TPSA) is 49.8 Å². The fourth-order valence-electron chi connectivity index (χ4n) is 0.824. The minimum absolute atomic E-state index is 0.0317. The number of nitrogens with zero attached hydrogens (tertiary/aromatic N) is 1. The van der Waals surface area contributed by atoms with Crippen LogP contribution in [0.15, 0.2) is 12.1 Å². The van der Waals surface area contributed by atoms with Crippen molar-refractivity contribution < 1.29 is 8.78 Å². The molecule has 0 amide bonds. The highest BCUT2D eigenvalue weighted by molar-refractivity contribution is 5.42. The average molecular weight is 168 g/mol. The number of anilines is 1. The zero-order valence-corrected chi connectivity index (χ0v) is 6.14. The second-order valence-corrected chi connectivity index (χ2v) is 2.30. The fraction of sp³-hybridized carbons (Fsp3) is 0.125. The predicted octanol–water partition coefficient (Wildman–Crippen LogP) is 1.61. The molecule has 0 atom stereocenters. The molecule has 0 aromatic heterocycles. The van der Waals surface area contributed by atoms with E-state index in [9.17, 15) is 8.78 Å². The van der Waals surface area contributed by atoms with Gasteiger partial charge in [-0.3, -0.25) is 0 Å². The molecular weight excluding hydrogens is 162 g/mol. The first-order chi connectivity index (χ1) is 5.65. The number of halogens is 2. The monoisotopic (exact) mass is 168 g/mol. The standard InChI is InChI=1S/C8H6F2N2/c9-6-4-8(12)7(10)3-5(6)1-2-11/h3-4H,1,12H2. The van der Waals surface area contributed by atoms with E-state index in [1.807, 2.05) is 0 Å². The Morgan fingerprint density at radius 3 is 2.58 bits per heavy atom. The molecule has 1 aromatic rings. The first kappa shape index (κ1) is 8.47. The van der Waals surface area contributed by atoms with Gasteiger partial charge in [-0.05, 0) is 6.07 Å². The summed E-state index contributed by atoms with van der Waals surface area (Å²) in [5.41, 5.74) is 4.88. The van der Waals surface area contributed by atoms with Gasteiger partial charge in [0, 0.05) is 11.6 Å². The van der Waals surface area contributed by atoms with Crippen LogP contribution in [-0.4, -0.2) is 0 Å². The third-order valence-corrected chi connectivity index (χ3v) is 1.44. The Labute approximate surface area is 68.2 Å². The lowest BCUT2D eigenvalue weighted by atomic mass is 10.1. The molecule has 1 aromatic carbocycles. The second-order valence-electron chi connectivity index (χ2n) is 2.30. The Kier molecular flexibility index (Phi) is 2.24. The van der Waals surface area contributed by atoms with Crippen LogP contribution in [0.1, 0.15) is 5.56 Å². The first-order valence-corrected chi connectivity index (χ1v) is 3.25. The molecule has 0 fully saturated rings. The minimum atomic E-state index is -0.693. The van der Waals surface area contributed by atoms with Crippen LogP contribution >= 0.6 is 0 Å². The molecule has 1 rings (SSSR count). The van der Waals surface area contributed by atoms with Crippen molar-refractivity contribution in [2.24, 2.45) is 0 Å². The third kappa shape index (κ3) is 1.51. The highest BCUT2D eigenvalue weighted by atomic mass is 19.1. The Hall–Kier alpha value is -1.63. The summed E-state index contributed by atoms with van der Waals surface area (Å²) in [4.78, 5) is 0. The molecule has 0 aliphatic carbocycles. The molecule has 0 spiro atoms. The lowest BCUT2D eigenvalue weighted by molar-refractivity contribution is 0.593. The van der Waals surface area contributed by atoms with Gasteiger partial charge in [0.25, 0.3) is 0 Å². The number of hydrogen-bond acceptors (Lipinski definition) is 2. The van der Waals surface area contributed by atoms with Gasteiger partial charge in [-0.15, -0.1) is 0 Å². The Morgan fingerprint density at radius 1 is 1.33 bits per heavy atom. The SMILES string of the molecule is N#CCc1cc(F)c(N)cc1F. The Bertz CT molecular complexity index is 342. The summed E-state index contributed by atoms with van der Waals surface area (Å²) in [5.74, 6) is -1.34. The van der Waals surface area contributed by atoms with Gasteiger partial charge in [-0.1, -0.05) is 0 Å². The fourth-order valence-corrected chi connectivity index (χ4v) is 0.824. The van der Waals surface area contributed by atoms with Crippen molar-refractivity contribution in [2.75, 3.05) is 5.73 Å². The van der Waals surface area contributed by atoms with Crippen LogP contribution < -0.4 is 5.73 Å². The molecule has 0 radical (unpaired) electrons. The number of nitrogens with two attached hydrogens (primary N) is 1. The van der Waals surface area contributed by atoms with E-state index < -0.39 is 11.6 Å². The van der Waals surface area contributed by atoms with E-state index in [1.165, 1.54) is 0 Å². The van der Waals surface area contributed by atoms with Crippen molar-refractivity contribution in [1.82, 2.24) is 0 Å². The Morgan fingerprint density at radius 2 is 2.00 bits per heavy atom. The maximum Gasteiger partial charge on any atom is 0.146 e. The zero-order valence-electron chi connectivity index (χ0n) is 6.14. The normalized spacial score (nSPS) is 9.42. The van der Waals surface area contributed by atoms with Crippen LogP contribution in [0.3, 0.4) is 0 Å². The first-order valence-electron chi connectivity index (χ1n) is 3.25. The largest absolute Gasteiger partial charge is 0.396 e. The van der Waals surface area contributed by atoms with Gasteiger partial charge in [-0.25, -0.2) is 8.78 Å². The highest BCUT2D eigenvalue weighted by Crippen LogP contribution is 2.16. The van der Waals surface area contributed by atoms with E-state index in [-0.39, 0.29) is 17.7 Å². The van der Waals surface area contributed by atoms with Crippen molar-refractivity contribution in [3.8, 4) is 6.07 Å². The highest BCUT2D eigenvalue weighted by Gasteiger charge is 2.06. The maximum atomic E-state index is 12.8.